The van der Waals surface area contributed by atoms with Crippen LogP contribution in [0.1, 0.15) is 5.82 Å². The van der Waals surface area contributed by atoms with Crippen molar-refractivity contribution in [1.82, 2.24) is 19.1 Å². The first-order valence-electron chi connectivity index (χ1n) is 6.28. The molecule has 20 heavy (non-hydrogen) atoms. The van der Waals surface area contributed by atoms with Gasteiger partial charge in [-0.25, -0.2) is 9.97 Å². The maximum Gasteiger partial charge on any atom is 0.261 e. The fourth-order valence-electron chi connectivity index (χ4n) is 2.17. The molecule has 0 bridgehead atoms. The average molecular weight is 289 g/mol. The zero-order valence-electron chi connectivity index (χ0n) is 11.0. The van der Waals surface area contributed by atoms with E-state index < -0.39 is 0 Å². The lowest BCUT2D eigenvalue weighted by atomic mass is 10.2. The third kappa shape index (κ3) is 2.20. The molecule has 2 aromatic heterocycles. The number of hydrogen-bond acceptors (Lipinski definition) is 3. The summed E-state index contributed by atoms with van der Waals surface area (Å²) in [6.45, 7) is 3.16. The molecular weight excluding hydrogens is 276 g/mol. The van der Waals surface area contributed by atoms with E-state index in [1.807, 2.05) is 17.7 Å². The first-order valence-corrected chi connectivity index (χ1v) is 6.66. The van der Waals surface area contributed by atoms with Crippen LogP contribution in [0.2, 0.25) is 5.02 Å². The lowest BCUT2D eigenvalue weighted by Crippen LogP contribution is -2.23. The first-order chi connectivity index (χ1) is 9.66. The van der Waals surface area contributed by atoms with Crippen molar-refractivity contribution in [3.05, 3.63) is 58.1 Å². The van der Waals surface area contributed by atoms with E-state index in [0.29, 0.717) is 29.0 Å². The molecule has 0 unspecified atom stereocenters. The Kier molecular flexibility index (Phi) is 3.28. The molecule has 1 aromatic carbocycles. The van der Waals surface area contributed by atoms with Gasteiger partial charge in [0.15, 0.2) is 0 Å². The molecule has 0 aliphatic rings. The first kappa shape index (κ1) is 12.9. The molecular formula is C14H13ClN4O. The van der Waals surface area contributed by atoms with Gasteiger partial charge in [-0.2, -0.15) is 0 Å². The minimum atomic E-state index is -0.0738. The zero-order valence-corrected chi connectivity index (χ0v) is 11.7. The minimum absolute atomic E-state index is 0.0738. The third-order valence-electron chi connectivity index (χ3n) is 3.31. The van der Waals surface area contributed by atoms with E-state index in [4.69, 9.17) is 11.6 Å². The number of halogens is 1. The molecule has 2 heterocycles. The quantitative estimate of drug-likeness (QED) is 0.743. The molecule has 0 saturated carbocycles. The predicted molar refractivity (Wildman–Crippen MR) is 78.0 cm³/mol. The molecule has 0 spiro atoms. The average Bonchev–Trinajstić information content (AvgIpc) is 2.84. The molecule has 3 aromatic rings. The number of nitrogens with zero attached hydrogens (tertiary/aromatic N) is 4. The maximum absolute atomic E-state index is 12.4. The summed E-state index contributed by atoms with van der Waals surface area (Å²) in [5.41, 5.74) is 0.476. The molecule has 3 rings (SSSR count). The van der Waals surface area contributed by atoms with E-state index in [1.165, 1.54) is 0 Å². The van der Waals surface area contributed by atoms with Crippen LogP contribution >= 0.6 is 11.6 Å². The summed E-state index contributed by atoms with van der Waals surface area (Å²) in [6, 6.07) is 5.24. The lowest BCUT2D eigenvalue weighted by Gasteiger charge is -2.08. The van der Waals surface area contributed by atoms with E-state index in [1.54, 1.807) is 35.3 Å². The fraction of sp³-hybridized carbons (Fsp3) is 0.214. The number of rotatable bonds is 3. The van der Waals surface area contributed by atoms with Crippen LogP contribution in [0.4, 0.5) is 0 Å². The van der Waals surface area contributed by atoms with E-state index in [9.17, 15) is 4.79 Å². The smallest absolute Gasteiger partial charge is 0.261 e. The Labute approximate surface area is 120 Å². The molecule has 0 aliphatic carbocycles. The topological polar surface area (TPSA) is 52.7 Å². The molecule has 5 nitrogen and oxygen atoms in total. The maximum atomic E-state index is 12.4. The minimum Gasteiger partial charge on any atom is -0.333 e. The Bertz CT molecular complexity index is 821. The van der Waals surface area contributed by atoms with Gasteiger partial charge < -0.3 is 4.57 Å². The van der Waals surface area contributed by atoms with Gasteiger partial charge in [-0.1, -0.05) is 17.7 Å². The predicted octanol–water partition coefficient (Wildman–Crippen LogP) is 2.26. The Morgan fingerprint density at radius 1 is 1.20 bits per heavy atom. The number of imidazole rings is 1. The van der Waals surface area contributed by atoms with Crippen molar-refractivity contribution >= 4 is 22.5 Å². The highest BCUT2D eigenvalue weighted by Gasteiger charge is 2.07. The van der Waals surface area contributed by atoms with Gasteiger partial charge in [0.2, 0.25) is 0 Å². The normalized spacial score (nSPS) is 11.1. The van der Waals surface area contributed by atoms with Crippen LogP contribution in [-0.2, 0) is 13.1 Å². The number of hydrogen-bond donors (Lipinski definition) is 0. The van der Waals surface area contributed by atoms with Gasteiger partial charge in [0.05, 0.1) is 22.3 Å². The largest absolute Gasteiger partial charge is 0.333 e. The van der Waals surface area contributed by atoms with Crippen molar-refractivity contribution in [3.8, 4) is 0 Å². The van der Waals surface area contributed by atoms with E-state index in [0.717, 1.165) is 5.82 Å². The number of para-hydroxylation sites is 1. The second kappa shape index (κ2) is 5.09. The summed E-state index contributed by atoms with van der Waals surface area (Å²) in [5.74, 6) is 0.926. The van der Waals surface area contributed by atoms with Gasteiger partial charge >= 0.3 is 0 Å². The summed E-state index contributed by atoms with van der Waals surface area (Å²) in [7, 11) is 0. The SMILES string of the molecule is Cc1nccn1CCn1cnc2c(Cl)cccc2c1=O. The molecule has 0 radical (unpaired) electrons. The highest BCUT2D eigenvalue weighted by Crippen LogP contribution is 2.17. The van der Waals surface area contributed by atoms with Crippen molar-refractivity contribution in [1.29, 1.82) is 0 Å². The number of aromatic nitrogens is 4. The van der Waals surface area contributed by atoms with Crippen molar-refractivity contribution in [2.24, 2.45) is 0 Å². The summed E-state index contributed by atoms with van der Waals surface area (Å²) < 4.78 is 3.59. The van der Waals surface area contributed by atoms with Crippen LogP contribution < -0.4 is 5.56 Å². The van der Waals surface area contributed by atoms with E-state index >= 15 is 0 Å². The Hall–Kier alpha value is -2.14. The molecule has 102 valence electrons. The highest BCUT2D eigenvalue weighted by molar-refractivity contribution is 6.34. The Morgan fingerprint density at radius 2 is 2.00 bits per heavy atom. The number of aryl methyl sites for hydroxylation is 3. The second-order valence-electron chi connectivity index (χ2n) is 4.55. The molecule has 0 fully saturated rings. The number of fused-ring (bicyclic) bond motifs is 1. The van der Waals surface area contributed by atoms with Crippen molar-refractivity contribution in [2.75, 3.05) is 0 Å². The van der Waals surface area contributed by atoms with Crippen molar-refractivity contribution < 1.29 is 0 Å². The molecule has 0 aliphatic heterocycles. The molecule has 0 N–H and O–H groups in total. The van der Waals surface area contributed by atoms with Gasteiger partial charge in [-0.3, -0.25) is 9.36 Å². The van der Waals surface area contributed by atoms with Gasteiger partial charge in [0.1, 0.15) is 5.82 Å². The van der Waals surface area contributed by atoms with Crippen LogP contribution in [-0.4, -0.2) is 19.1 Å². The van der Waals surface area contributed by atoms with Crippen LogP contribution in [0.25, 0.3) is 10.9 Å². The Morgan fingerprint density at radius 3 is 2.75 bits per heavy atom. The van der Waals surface area contributed by atoms with Crippen LogP contribution in [0.3, 0.4) is 0 Å². The monoisotopic (exact) mass is 288 g/mol. The molecule has 6 heteroatoms. The van der Waals surface area contributed by atoms with Crippen molar-refractivity contribution in [3.63, 3.8) is 0 Å². The van der Waals surface area contributed by atoms with Crippen LogP contribution in [0.5, 0.6) is 0 Å². The summed E-state index contributed by atoms with van der Waals surface area (Å²) in [5, 5.41) is 1.04. The van der Waals surface area contributed by atoms with E-state index in [-0.39, 0.29) is 5.56 Å². The Balaban J connectivity index is 1.95. The fourth-order valence-corrected chi connectivity index (χ4v) is 2.39. The number of benzene rings is 1. The molecule has 0 atom stereocenters. The van der Waals surface area contributed by atoms with E-state index in [2.05, 4.69) is 9.97 Å². The third-order valence-corrected chi connectivity index (χ3v) is 3.61. The highest BCUT2D eigenvalue weighted by atomic mass is 35.5. The van der Waals surface area contributed by atoms with Crippen LogP contribution in [0, 0.1) is 6.92 Å². The standard InChI is InChI=1S/C14H13ClN4O/c1-10-16-5-6-18(10)7-8-19-9-17-13-11(14(19)20)3-2-4-12(13)15/h2-6,9H,7-8H2,1H3. The summed E-state index contributed by atoms with van der Waals surface area (Å²) in [4.78, 5) is 20.8. The molecule has 0 amide bonds. The van der Waals surface area contributed by atoms with Gasteiger partial charge in [-0.15, -0.1) is 0 Å². The zero-order chi connectivity index (χ0) is 14.1. The van der Waals surface area contributed by atoms with Gasteiger partial charge in [-0.05, 0) is 19.1 Å². The van der Waals surface area contributed by atoms with Crippen LogP contribution in [0.15, 0.2) is 41.7 Å². The van der Waals surface area contributed by atoms with Gasteiger partial charge in [0, 0.05) is 25.5 Å². The summed E-state index contributed by atoms with van der Waals surface area (Å²) >= 11 is 6.04. The lowest BCUT2D eigenvalue weighted by molar-refractivity contribution is 0.552. The second-order valence-corrected chi connectivity index (χ2v) is 4.95. The summed E-state index contributed by atoms with van der Waals surface area (Å²) in [6.07, 6.45) is 5.19. The molecule has 0 saturated heterocycles. The van der Waals surface area contributed by atoms with Crippen molar-refractivity contribution in [2.45, 2.75) is 20.0 Å². The van der Waals surface area contributed by atoms with Gasteiger partial charge in [0.25, 0.3) is 5.56 Å².